The van der Waals surface area contributed by atoms with Gasteiger partial charge in [0.25, 0.3) is 0 Å². The summed E-state index contributed by atoms with van der Waals surface area (Å²) in [6, 6.07) is 18.0. The molecule has 1 fully saturated rings. The molecule has 2 aliphatic rings. The van der Waals surface area contributed by atoms with E-state index in [2.05, 4.69) is 16.3 Å². The van der Waals surface area contributed by atoms with Crippen molar-refractivity contribution in [2.24, 2.45) is 5.92 Å². The molecule has 0 bridgehead atoms. The molecule has 5 heteroatoms. The highest BCUT2D eigenvalue weighted by molar-refractivity contribution is 5.78. The van der Waals surface area contributed by atoms with Crippen LogP contribution in [0.2, 0.25) is 0 Å². The predicted molar refractivity (Wildman–Crippen MR) is 109 cm³/mol. The Morgan fingerprint density at radius 3 is 2.82 bits per heavy atom. The first kappa shape index (κ1) is 18.8. The molecule has 4 rings (SSSR count). The predicted octanol–water partition coefficient (Wildman–Crippen LogP) is 2.90. The molecule has 2 atom stereocenters. The van der Waals surface area contributed by atoms with Crippen molar-refractivity contribution in [3.63, 3.8) is 0 Å². The number of hydrogen-bond donors (Lipinski definition) is 1. The van der Waals surface area contributed by atoms with E-state index >= 15 is 0 Å². The molecule has 5 nitrogen and oxygen atoms in total. The Kier molecular flexibility index (Phi) is 6.12. The van der Waals surface area contributed by atoms with Gasteiger partial charge >= 0.3 is 0 Å². The fourth-order valence-electron chi connectivity index (χ4n) is 4.02. The number of carbonyl (C=O) groups is 1. The molecule has 0 aromatic heterocycles. The van der Waals surface area contributed by atoms with Crippen molar-refractivity contribution in [1.82, 2.24) is 10.2 Å². The Balaban J connectivity index is 1.17. The number of nitrogens with zero attached hydrogens (tertiary/aromatic N) is 1. The minimum atomic E-state index is 0.0368. The number of amides is 1. The molecule has 1 amide bonds. The first-order chi connectivity index (χ1) is 13.8. The third kappa shape index (κ3) is 5.04. The molecule has 0 spiro atoms. The molecule has 1 N–H and O–H groups in total. The fraction of sp³-hybridized carbons (Fsp3) is 0.435. The van der Waals surface area contributed by atoms with E-state index in [1.807, 2.05) is 48.5 Å². The second-order valence-corrected chi connectivity index (χ2v) is 7.72. The van der Waals surface area contributed by atoms with E-state index in [-0.39, 0.29) is 12.0 Å². The van der Waals surface area contributed by atoms with E-state index in [0.29, 0.717) is 25.6 Å². The average molecular weight is 380 g/mol. The first-order valence-electron chi connectivity index (χ1n) is 10.2. The van der Waals surface area contributed by atoms with E-state index in [1.54, 1.807) is 0 Å². The van der Waals surface area contributed by atoms with Crippen molar-refractivity contribution in [1.29, 1.82) is 0 Å². The number of para-hydroxylation sites is 2. The molecule has 1 saturated heterocycles. The maximum atomic E-state index is 12.4. The van der Waals surface area contributed by atoms with Gasteiger partial charge in [-0.1, -0.05) is 36.4 Å². The number of benzene rings is 2. The van der Waals surface area contributed by atoms with Gasteiger partial charge in [0.15, 0.2) is 0 Å². The number of ether oxygens (including phenoxy) is 2. The molecule has 2 heterocycles. The lowest BCUT2D eigenvalue weighted by Gasteiger charge is -2.32. The molecule has 28 heavy (non-hydrogen) atoms. The zero-order chi connectivity index (χ0) is 19.2. The van der Waals surface area contributed by atoms with Crippen molar-refractivity contribution in [3.8, 4) is 11.5 Å². The lowest BCUT2D eigenvalue weighted by atomic mass is 9.99. The van der Waals surface area contributed by atoms with Crippen LogP contribution < -0.4 is 14.8 Å². The summed E-state index contributed by atoms with van der Waals surface area (Å²) in [5.74, 6) is 2.40. The molecule has 0 radical (unpaired) electrons. The number of likely N-dealkylation sites (tertiary alicyclic amines) is 1. The van der Waals surface area contributed by atoms with Gasteiger partial charge in [-0.3, -0.25) is 9.69 Å². The van der Waals surface area contributed by atoms with E-state index in [1.165, 1.54) is 5.56 Å². The lowest BCUT2D eigenvalue weighted by Crippen LogP contribution is -2.45. The number of hydrogen-bond acceptors (Lipinski definition) is 4. The summed E-state index contributed by atoms with van der Waals surface area (Å²) in [6.45, 7) is 3.59. The van der Waals surface area contributed by atoms with Crippen LogP contribution in [-0.2, 0) is 11.2 Å². The van der Waals surface area contributed by atoms with Crippen molar-refractivity contribution in [3.05, 3.63) is 60.2 Å². The average Bonchev–Trinajstić information content (AvgIpc) is 3.15. The maximum Gasteiger partial charge on any atom is 0.234 e. The summed E-state index contributed by atoms with van der Waals surface area (Å²) in [4.78, 5) is 14.6. The summed E-state index contributed by atoms with van der Waals surface area (Å²) in [7, 11) is 0. The van der Waals surface area contributed by atoms with E-state index in [9.17, 15) is 4.79 Å². The largest absolute Gasteiger partial charge is 0.493 e. The second-order valence-electron chi connectivity index (χ2n) is 7.72. The quantitative estimate of drug-likeness (QED) is 0.803. The Morgan fingerprint density at radius 1 is 1.14 bits per heavy atom. The highest BCUT2D eigenvalue weighted by Crippen LogP contribution is 2.27. The number of piperidine rings is 1. The van der Waals surface area contributed by atoms with Gasteiger partial charge in [-0.05, 0) is 43.1 Å². The Hall–Kier alpha value is -2.53. The molecule has 2 aromatic carbocycles. The number of carbonyl (C=O) groups excluding carboxylic acids is 1. The van der Waals surface area contributed by atoms with Crippen molar-refractivity contribution < 1.29 is 14.3 Å². The van der Waals surface area contributed by atoms with Gasteiger partial charge in [0.2, 0.25) is 5.91 Å². The van der Waals surface area contributed by atoms with Crippen LogP contribution in [0, 0.1) is 5.92 Å². The first-order valence-corrected chi connectivity index (χ1v) is 10.2. The third-order valence-corrected chi connectivity index (χ3v) is 5.44. The number of rotatable bonds is 7. The van der Waals surface area contributed by atoms with Crippen molar-refractivity contribution >= 4 is 5.91 Å². The van der Waals surface area contributed by atoms with Gasteiger partial charge in [0, 0.05) is 18.9 Å². The van der Waals surface area contributed by atoms with Gasteiger partial charge in [0.05, 0.1) is 19.7 Å². The van der Waals surface area contributed by atoms with E-state index in [0.717, 1.165) is 43.9 Å². The van der Waals surface area contributed by atoms with Crippen molar-refractivity contribution in [2.45, 2.75) is 25.4 Å². The summed E-state index contributed by atoms with van der Waals surface area (Å²) >= 11 is 0. The van der Waals surface area contributed by atoms with Gasteiger partial charge in [-0.15, -0.1) is 0 Å². The summed E-state index contributed by atoms with van der Waals surface area (Å²) in [5.41, 5.74) is 1.22. The Morgan fingerprint density at radius 2 is 1.96 bits per heavy atom. The van der Waals surface area contributed by atoms with Crippen LogP contribution in [-0.4, -0.2) is 49.7 Å². The highest BCUT2D eigenvalue weighted by Gasteiger charge is 2.25. The van der Waals surface area contributed by atoms with Crippen LogP contribution in [0.15, 0.2) is 54.6 Å². The summed E-state index contributed by atoms with van der Waals surface area (Å²) in [5, 5.41) is 3.04. The topological polar surface area (TPSA) is 50.8 Å². The van der Waals surface area contributed by atoms with Crippen molar-refractivity contribution in [2.75, 3.05) is 32.8 Å². The number of nitrogens with one attached hydrogen (secondary N) is 1. The smallest absolute Gasteiger partial charge is 0.234 e. The van der Waals surface area contributed by atoms with E-state index in [4.69, 9.17) is 9.47 Å². The van der Waals surface area contributed by atoms with Gasteiger partial charge in [-0.2, -0.15) is 0 Å². The molecular formula is C23H28N2O3. The van der Waals surface area contributed by atoms with Crippen LogP contribution in [0.4, 0.5) is 0 Å². The summed E-state index contributed by atoms with van der Waals surface area (Å²) < 4.78 is 11.8. The number of fused-ring (bicyclic) bond motifs is 1. The van der Waals surface area contributed by atoms with E-state index < -0.39 is 0 Å². The molecule has 2 unspecified atom stereocenters. The molecule has 148 valence electrons. The van der Waals surface area contributed by atoms with Gasteiger partial charge in [0.1, 0.15) is 17.6 Å². The van der Waals surface area contributed by atoms with Crippen LogP contribution in [0.5, 0.6) is 11.5 Å². The molecule has 2 aliphatic heterocycles. The standard InChI is InChI=1S/C23H28N2O3/c26-23(24-14-21-13-19-8-4-5-11-22(19)28-21)16-25-12-6-7-18(15-25)17-27-20-9-2-1-3-10-20/h1-5,8-11,18,21H,6-7,12-17H2,(H,24,26). The third-order valence-electron chi connectivity index (χ3n) is 5.44. The normalized spacial score (nSPS) is 21.6. The maximum absolute atomic E-state index is 12.4. The molecule has 0 aliphatic carbocycles. The Labute approximate surface area is 166 Å². The van der Waals surface area contributed by atoms with Crippen LogP contribution >= 0.6 is 0 Å². The van der Waals surface area contributed by atoms with Crippen LogP contribution in [0.25, 0.3) is 0 Å². The minimum absolute atomic E-state index is 0.0368. The van der Waals surface area contributed by atoms with Gasteiger partial charge < -0.3 is 14.8 Å². The second kappa shape index (κ2) is 9.11. The Bertz CT molecular complexity index is 755. The minimum Gasteiger partial charge on any atom is -0.493 e. The molecule has 0 saturated carbocycles. The zero-order valence-corrected chi connectivity index (χ0v) is 16.2. The monoisotopic (exact) mass is 380 g/mol. The van der Waals surface area contributed by atoms with Crippen LogP contribution in [0.3, 0.4) is 0 Å². The summed E-state index contributed by atoms with van der Waals surface area (Å²) in [6.07, 6.45) is 3.16. The van der Waals surface area contributed by atoms with Crippen LogP contribution in [0.1, 0.15) is 18.4 Å². The molecular weight excluding hydrogens is 352 g/mol. The SMILES string of the molecule is O=C(CN1CCCC(COc2ccccc2)C1)NCC1Cc2ccccc2O1. The van der Waals surface area contributed by atoms with Gasteiger partial charge in [-0.25, -0.2) is 0 Å². The lowest BCUT2D eigenvalue weighted by molar-refractivity contribution is -0.123. The highest BCUT2D eigenvalue weighted by atomic mass is 16.5. The fourth-order valence-corrected chi connectivity index (χ4v) is 4.02. The molecule has 2 aromatic rings. The zero-order valence-electron chi connectivity index (χ0n) is 16.2.